The van der Waals surface area contributed by atoms with Gasteiger partial charge in [-0.1, -0.05) is 18.2 Å². The van der Waals surface area contributed by atoms with E-state index in [9.17, 15) is 0 Å². The van der Waals surface area contributed by atoms with E-state index in [-0.39, 0.29) is 6.10 Å². The number of aliphatic hydroxyl groups is 1. The summed E-state index contributed by atoms with van der Waals surface area (Å²) in [5.74, 6) is 0. The Labute approximate surface area is 78.6 Å². The van der Waals surface area contributed by atoms with Crippen molar-refractivity contribution in [3.63, 3.8) is 0 Å². The maximum atomic E-state index is 9.08. The van der Waals surface area contributed by atoms with Crippen LogP contribution in [0.25, 0.3) is 0 Å². The van der Waals surface area contributed by atoms with Gasteiger partial charge in [0, 0.05) is 18.8 Å². The molecule has 0 bridgehead atoms. The van der Waals surface area contributed by atoms with Gasteiger partial charge in [-0.2, -0.15) is 0 Å². The van der Waals surface area contributed by atoms with Crippen LogP contribution in [0.5, 0.6) is 0 Å². The number of nitrogens with one attached hydrogen (secondary N) is 1. The second-order valence-corrected chi connectivity index (χ2v) is 3.09. The maximum absolute atomic E-state index is 9.08. The fraction of sp³-hybridized carbons (Fsp3) is 0.400. The molecule has 4 N–H and O–H groups in total. The summed E-state index contributed by atoms with van der Waals surface area (Å²) in [6, 6.07) is 7.84. The molecule has 13 heavy (non-hydrogen) atoms. The zero-order chi connectivity index (χ0) is 9.68. The summed E-state index contributed by atoms with van der Waals surface area (Å²) in [6.45, 7) is 2.82. The summed E-state index contributed by atoms with van der Waals surface area (Å²) in [5, 5.41) is 12.2. The summed E-state index contributed by atoms with van der Waals surface area (Å²) >= 11 is 0. The molecular weight excluding hydrogens is 164 g/mol. The Morgan fingerprint density at radius 2 is 2.15 bits per heavy atom. The van der Waals surface area contributed by atoms with E-state index in [0.29, 0.717) is 13.1 Å². The van der Waals surface area contributed by atoms with E-state index in [0.717, 1.165) is 11.3 Å². The standard InChI is InChI=1S/C10H16N2O/c1-8(13)7-12-10-5-3-2-4-9(10)6-11/h2-5,8,12-13H,6-7,11H2,1H3. The van der Waals surface area contributed by atoms with Crippen LogP contribution in [0.3, 0.4) is 0 Å². The van der Waals surface area contributed by atoms with Gasteiger partial charge in [-0.25, -0.2) is 0 Å². The molecular formula is C10H16N2O. The molecule has 1 rings (SSSR count). The molecule has 0 amide bonds. The molecule has 0 fully saturated rings. The molecule has 0 saturated heterocycles. The molecule has 1 atom stereocenters. The van der Waals surface area contributed by atoms with Crippen LogP contribution in [0.15, 0.2) is 24.3 Å². The molecule has 0 aromatic heterocycles. The summed E-state index contributed by atoms with van der Waals surface area (Å²) < 4.78 is 0. The van der Waals surface area contributed by atoms with E-state index in [1.54, 1.807) is 6.92 Å². The van der Waals surface area contributed by atoms with Crippen LogP contribution >= 0.6 is 0 Å². The number of hydrogen-bond donors (Lipinski definition) is 3. The lowest BCUT2D eigenvalue weighted by Gasteiger charge is -2.11. The van der Waals surface area contributed by atoms with Crippen molar-refractivity contribution in [3.8, 4) is 0 Å². The second-order valence-electron chi connectivity index (χ2n) is 3.09. The van der Waals surface area contributed by atoms with Gasteiger partial charge < -0.3 is 16.2 Å². The highest BCUT2D eigenvalue weighted by molar-refractivity contribution is 5.50. The van der Waals surface area contributed by atoms with E-state index in [1.807, 2.05) is 24.3 Å². The second kappa shape index (κ2) is 4.84. The molecule has 0 radical (unpaired) electrons. The van der Waals surface area contributed by atoms with Crippen molar-refractivity contribution >= 4 is 5.69 Å². The lowest BCUT2D eigenvalue weighted by atomic mass is 10.2. The summed E-state index contributed by atoms with van der Waals surface area (Å²) in [5.41, 5.74) is 7.63. The molecule has 3 heteroatoms. The Morgan fingerprint density at radius 1 is 1.46 bits per heavy atom. The van der Waals surface area contributed by atoms with Crippen molar-refractivity contribution in [1.29, 1.82) is 0 Å². The zero-order valence-electron chi connectivity index (χ0n) is 7.83. The third kappa shape index (κ3) is 3.05. The monoisotopic (exact) mass is 180 g/mol. The Bertz CT molecular complexity index is 261. The molecule has 0 aliphatic carbocycles. The van der Waals surface area contributed by atoms with E-state index >= 15 is 0 Å². The highest BCUT2D eigenvalue weighted by Gasteiger charge is 1.99. The highest BCUT2D eigenvalue weighted by atomic mass is 16.3. The number of aliphatic hydroxyl groups excluding tert-OH is 1. The van der Waals surface area contributed by atoms with Crippen LogP contribution in [-0.4, -0.2) is 17.8 Å². The SMILES string of the molecule is CC(O)CNc1ccccc1CN. The van der Waals surface area contributed by atoms with Gasteiger partial charge in [-0.05, 0) is 18.6 Å². The van der Waals surface area contributed by atoms with Crippen LogP contribution in [0.4, 0.5) is 5.69 Å². The fourth-order valence-electron chi connectivity index (χ4n) is 1.13. The van der Waals surface area contributed by atoms with Gasteiger partial charge in [-0.3, -0.25) is 0 Å². The molecule has 0 heterocycles. The average Bonchev–Trinajstić information content (AvgIpc) is 2.15. The molecule has 0 saturated carbocycles. The third-order valence-electron chi connectivity index (χ3n) is 1.83. The summed E-state index contributed by atoms with van der Waals surface area (Å²) in [4.78, 5) is 0. The quantitative estimate of drug-likeness (QED) is 0.646. The van der Waals surface area contributed by atoms with Crippen molar-refractivity contribution in [2.45, 2.75) is 19.6 Å². The molecule has 1 aromatic rings. The van der Waals surface area contributed by atoms with Gasteiger partial charge in [0.25, 0.3) is 0 Å². The van der Waals surface area contributed by atoms with E-state index in [2.05, 4.69) is 5.32 Å². The molecule has 3 nitrogen and oxygen atoms in total. The fourth-order valence-corrected chi connectivity index (χ4v) is 1.13. The first kappa shape index (κ1) is 10.0. The predicted molar refractivity (Wildman–Crippen MR) is 54.5 cm³/mol. The number of nitrogens with two attached hydrogens (primary N) is 1. The Hall–Kier alpha value is -1.06. The van der Waals surface area contributed by atoms with Gasteiger partial charge in [0.15, 0.2) is 0 Å². The van der Waals surface area contributed by atoms with Gasteiger partial charge in [0.1, 0.15) is 0 Å². The maximum Gasteiger partial charge on any atom is 0.0684 e. The topological polar surface area (TPSA) is 58.3 Å². The van der Waals surface area contributed by atoms with Gasteiger partial charge in [0.2, 0.25) is 0 Å². The minimum atomic E-state index is -0.342. The Balaban J connectivity index is 2.64. The minimum absolute atomic E-state index is 0.342. The van der Waals surface area contributed by atoms with E-state index < -0.39 is 0 Å². The minimum Gasteiger partial charge on any atom is -0.392 e. The first-order valence-electron chi connectivity index (χ1n) is 4.44. The Morgan fingerprint density at radius 3 is 2.77 bits per heavy atom. The number of hydrogen-bond acceptors (Lipinski definition) is 3. The van der Waals surface area contributed by atoms with Crippen LogP contribution in [0.2, 0.25) is 0 Å². The van der Waals surface area contributed by atoms with Crippen molar-refractivity contribution in [2.75, 3.05) is 11.9 Å². The van der Waals surface area contributed by atoms with Crippen molar-refractivity contribution in [2.24, 2.45) is 5.73 Å². The van der Waals surface area contributed by atoms with E-state index in [4.69, 9.17) is 10.8 Å². The third-order valence-corrected chi connectivity index (χ3v) is 1.83. The van der Waals surface area contributed by atoms with Crippen LogP contribution in [-0.2, 0) is 6.54 Å². The van der Waals surface area contributed by atoms with Crippen LogP contribution in [0.1, 0.15) is 12.5 Å². The molecule has 1 aromatic carbocycles. The molecule has 72 valence electrons. The number of rotatable bonds is 4. The molecule has 1 unspecified atom stereocenters. The van der Waals surface area contributed by atoms with E-state index in [1.165, 1.54) is 0 Å². The average molecular weight is 180 g/mol. The smallest absolute Gasteiger partial charge is 0.0684 e. The van der Waals surface area contributed by atoms with Gasteiger partial charge in [0.05, 0.1) is 6.10 Å². The van der Waals surface area contributed by atoms with Gasteiger partial charge >= 0.3 is 0 Å². The largest absolute Gasteiger partial charge is 0.392 e. The van der Waals surface area contributed by atoms with Crippen molar-refractivity contribution < 1.29 is 5.11 Å². The lowest BCUT2D eigenvalue weighted by molar-refractivity contribution is 0.208. The highest BCUT2D eigenvalue weighted by Crippen LogP contribution is 2.13. The molecule has 0 aliphatic rings. The van der Waals surface area contributed by atoms with Crippen molar-refractivity contribution in [3.05, 3.63) is 29.8 Å². The lowest BCUT2D eigenvalue weighted by Crippen LogP contribution is -2.16. The van der Waals surface area contributed by atoms with Crippen LogP contribution < -0.4 is 11.1 Å². The van der Waals surface area contributed by atoms with Crippen molar-refractivity contribution in [1.82, 2.24) is 0 Å². The Kier molecular flexibility index (Phi) is 3.73. The number of benzene rings is 1. The first-order valence-corrected chi connectivity index (χ1v) is 4.44. The molecule has 0 spiro atoms. The number of anilines is 1. The summed E-state index contributed by atoms with van der Waals surface area (Å²) in [7, 11) is 0. The van der Waals surface area contributed by atoms with Crippen LogP contribution in [0, 0.1) is 0 Å². The number of para-hydroxylation sites is 1. The summed E-state index contributed by atoms with van der Waals surface area (Å²) in [6.07, 6.45) is -0.342. The predicted octanol–water partition coefficient (Wildman–Crippen LogP) is 0.938. The van der Waals surface area contributed by atoms with Gasteiger partial charge in [-0.15, -0.1) is 0 Å². The first-order chi connectivity index (χ1) is 6.24. The normalized spacial score (nSPS) is 12.5. The zero-order valence-corrected chi connectivity index (χ0v) is 7.83. The molecule has 0 aliphatic heterocycles.